The van der Waals surface area contributed by atoms with Crippen LogP contribution in [0.2, 0.25) is 10.0 Å². The number of halogens is 4. The Morgan fingerprint density at radius 1 is 1.11 bits per heavy atom. The molecule has 0 spiro atoms. The van der Waals surface area contributed by atoms with Crippen LogP contribution in [-0.4, -0.2) is 0 Å². The Hall–Kier alpha value is -0.610. The molecule has 0 amide bonds. The molecule has 0 aliphatic rings. The summed E-state index contributed by atoms with van der Waals surface area (Å²) in [6, 6.07) is 9.67. The summed E-state index contributed by atoms with van der Waals surface area (Å²) in [6.07, 6.45) is 0.392. The van der Waals surface area contributed by atoms with Crippen LogP contribution in [0.3, 0.4) is 0 Å². The molecule has 0 heterocycles. The molecular formula is C14H11BrCl2FN. The van der Waals surface area contributed by atoms with E-state index in [1.807, 2.05) is 0 Å². The predicted octanol–water partition coefficient (Wildman–Crippen LogP) is 5.14. The molecule has 100 valence electrons. The van der Waals surface area contributed by atoms with Gasteiger partial charge in [0.2, 0.25) is 0 Å². The highest BCUT2D eigenvalue weighted by atomic mass is 79.9. The lowest BCUT2D eigenvalue weighted by atomic mass is 9.99. The van der Waals surface area contributed by atoms with Gasteiger partial charge in [-0.3, -0.25) is 0 Å². The van der Waals surface area contributed by atoms with E-state index in [-0.39, 0.29) is 11.9 Å². The molecule has 2 aromatic carbocycles. The summed E-state index contributed by atoms with van der Waals surface area (Å²) in [6.45, 7) is 0. The molecule has 1 unspecified atom stereocenters. The third-order valence-electron chi connectivity index (χ3n) is 2.82. The molecule has 5 heteroatoms. The molecule has 0 aromatic heterocycles. The smallest absolute Gasteiger partial charge is 0.126 e. The first-order valence-corrected chi connectivity index (χ1v) is 7.16. The van der Waals surface area contributed by atoms with Crippen LogP contribution in [-0.2, 0) is 6.42 Å². The van der Waals surface area contributed by atoms with Crippen LogP contribution in [0.15, 0.2) is 40.9 Å². The van der Waals surface area contributed by atoms with Crippen molar-refractivity contribution in [2.24, 2.45) is 5.73 Å². The normalized spacial score (nSPS) is 12.5. The molecule has 1 atom stereocenters. The summed E-state index contributed by atoms with van der Waals surface area (Å²) in [5.41, 5.74) is 7.47. The van der Waals surface area contributed by atoms with Crippen LogP contribution in [0, 0.1) is 5.82 Å². The third-order valence-corrected chi connectivity index (χ3v) is 4.05. The molecule has 0 aliphatic carbocycles. The molecule has 1 nitrogen and oxygen atoms in total. The lowest BCUT2D eigenvalue weighted by Gasteiger charge is -2.14. The first kappa shape index (κ1) is 14.8. The maximum atomic E-state index is 13.7. The SMILES string of the molecule is NC(Cc1cc(Br)ccc1F)c1ccc(Cl)c(Cl)c1. The predicted molar refractivity (Wildman–Crippen MR) is 81.2 cm³/mol. The number of hydrogen-bond donors (Lipinski definition) is 1. The molecule has 19 heavy (non-hydrogen) atoms. The van der Waals surface area contributed by atoms with Gasteiger partial charge in [0.25, 0.3) is 0 Å². The highest BCUT2D eigenvalue weighted by Gasteiger charge is 2.12. The minimum absolute atomic E-state index is 0.265. The Morgan fingerprint density at radius 2 is 1.84 bits per heavy atom. The van der Waals surface area contributed by atoms with Crippen molar-refractivity contribution in [1.29, 1.82) is 0 Å². The zero-order valence-electron chi connectivity index (χ0n) is 9.84. The van der Waals surface area contributed by atoms with E-state index in [2.05, 4.69) is 15.9 Å². The summed E-state index contributed by atoms with van der Waals surface area (Å²) < 4.78 is 14.5. The highest BCUT2D eigenvalue weighted by Crippen LogP contribution is 2.27. The van der Waals surface area contributed by atoms with Gasteiger partial charge < -0.3 is 5.73 Å². The van der Waals surface area contributed by atoms with Crippen LogP contribution in [0.5, 0.6) is 0 Å². The van der Waals surface area contributed by atoms with E-state index in [0.29, 0.717) is 22.0 Å². The molecule has 0 saturated heterocycles. The molecule has 0 saturated carbocycles. The fourth-order valence-electron chi connectivity index (χ4n) is 1.80. The largest absolute Gasteiger partial charge is 0.324 e. The fourth-order valence-corrected chi connectivity index (χ4v) is 2.51. The van der Waals surface area contributed by atoms with E-state index in [4.69, 9.17) is 28.9 Å². The molecular weight excluding hydrogens is 352 g/mol. The van der Waals surface area contributed by atoms with Crippen LogP contribution >= 0.6 is 39.1 Å². The molecule has 2 rings (SSSR count). The maximum absolute atomic E-state index is 13.7. The van der Waals surface area contributed by atoms with E-state index in [1.165, 1.54) is 6.07 Å². The van der Waals surface area contributed by atoms with Gasteiger partial charge in [0, 0.05) is 10.5 Å². The van der Waals surface area contributed by atoms with Gasteiger partial charge in [0.15, 0.2) is 0 Å². The van der Waals surface area contributed by atoms with E-state index < -0.39 is 0 Å². The molecule has 0 bridgehead atoms. The lowest BCUT2D eigenvalue weighted by molar-refractivity contribution is 0.593. The molecule has 0 fully saturated rings. The minimum Gasteiger partial charge on any atom is -0.324 e. The minimum atomic E-state index is -0.335. The van der Waals surface area contributed by atoms with Crippen molar-refractivity contribution >= 4 is 39.1 Å². The number of nitrogens with two attached hydrogens (primary N) is 1. The van der Waals surface area contributed by atoms with Gasteiger partial charge in [-0.05, 0) is 47.9 Å². The average molecular weight is 363 g/mol. The topological polar surface area (TPSA) is 26.0 Å². The third kappa shape index (κ3) is 3.69. The molecule has 2 N–H and O–H groups in total. The Kier molecular flexibility index (Phi) is 4.85. The van der Waals surface area contributed by atoms with E-state index in [0.717, 1.165) is 10.0 Å². The Labute approximate surface area is 129 Å². The van der Waals surface area contributed by atoms with Crippen LogP contribution in [0.1, 0.15) is 17.2 Å². The summed E-state index contributed by atoms with van der Waals surface area (Å²) in [5, 5.41) is 0.926. The Balaban J connectivity index is 2.22. The number of benzene rings is 2. The van der Waals surface area contributed by atoms with E-state index in [9.17, 15) is 4.39 Å². The van der Waals surface area contributed by atoms with Crippen molar-refractivity contribution in [2.45, 2.75) is 12.5 Å². The first-order valence-electron chi connectivity index (χ1n) is 5.62. The summed E-state index contributed by atoms with van der Waals surface area (Å²) in [4.78, 5) is 0. The van der Waals surface area contributed by atoms with Crippen molar-refractivity contribution in [1.82, 2.24) is 0 Å². The average Bonchev–Trinajstić information content (AvgIpc) is 2.37. The molecule has 0 radical (unpaired) electrons. The van der Waals surface area contributed by atoms with Crippen molar-refractivity contribution in [3.05, 3.63) is 67.9 Å². The summed E-state index contributed by atoms with van der Waals surface area (Å²) in [7, 11) is 0. The van der Waals surface area contributed by atoms with Gasteiger partial charge in [0.05, 0.1) is 10.0 Å². The lowest BCUT2D eigenvalue weighted by Crippen LogP contribution is -2.14. The Morgan fingerprint density at radius 3 is 2.53 bits per heavy atom. The summed E-state index contributed by atoms with van der Waals surface area (Å²) in [5.74, 6) is -0.265. The van der Waals surface area contributed by atoms with Crippen molar-refractivity contribution in [3.63, 3.8) is 0 Å². The Bertz CT molecular complexity index is 604. The van der Waals surface area contributed by atoms with Gasteiger partial charge in [-0.15, -0.1) is 0 Å². The van der Waals surface area contributed by atoms with Gasteiger partial charge in [-0.2, -0.15) is 0 Å². The maximum Gasteiger partial charge on any atom is 0.126 e. The second-order valence-electron chi connectivity index (χ2n) is 4.22. The zero-order chi connectivity index (χ0) is 14.0. The van der Waals surface area contributed by atoms with Gasteiger partial charge in [0.1, 0.15) is 5.82 Å². The van der Waals surface area contributed by atoms with Crippen LogP contribution < -0.4 is 5.73 Å². The second kappa shape index (κ2) is 6.23. The van der Waals surface area contributed by atoms with Gasteiger partial charge in [-0.1, -0.05) is 45.2 Å². The fraction of sp³-hybridized carbons (Fsp3) is 0.143. The van der Waals surface area contributed by atoms with Gasteiger partial charge in [-0.25, -0.2) is 4.39 Å². The highest BCUT2D eigenvalue weighted by molar-refractivity contribution is 9.10. The quantitative estimate of drug-likeness (QED) is 0.803. The number of rotatable bonds is 3. The second-order valence-corrected chi connectivity index (χ2v) is 5.95. The van der Waals surface area contributed by atoms with Crippen molar-refractivity contribution in [2.75, 3.05) is 0 Å². The monoisotopic (exact) mass is 361 g/mol. The zero-order valence-corrected chi connectivity index (χ0v) is 12.9. The number of hydrogen-bond acceptors (Lipinski definition) is 1. The first-order chi connectivity index (χ1) is 8.97. The molecule has 2 aromatic rings. The van der Waals surface area contributed by atoms with Crippen molar-refractivity contribution < 1.29 is 4.39 Å². The van der Waals surface area contributed by atoms with Gasteiger partial charge >= 0.3 is 0 Å². The van der Waals surface area contributed by atoms with Crippen LogP contribution in [0.4, 0.5) is 4.39 Å². The summed E-state index contributed by atoms with van der Waals surface area (Å²) >= 11 is 15.1. The van der Waals surface area contributed by atoms with Crippen molar-refractivity contribution in [3.8, 4) is 0 Å². The standard InChI is InChI=1S/C14H11BrCl2FN/c15-10-2-4-13(18)9(5-10)7-14(19)8-1-3-11(16)12(17)6-8/h1-6,14H,7,19H2. The van der Waals surface area contributed by atoms with E-state index >= 15 is 0 Å². The van der Waals surface area contributed by atoms with E-state index in [1.54, 1.807) is 30.3 Å². The van der Waals surface area contributed by atoms with Crippen LogP contribution in [0.25, 0.3) is 0 Å². The molecule has 0 aliphatic heterocycles.